The number of azo groups is 1. The van der Waals surface area contributed by atoms with Gasteiger partial charge < -0.3 is 11.5 Å². The van der Waals surface area contributed by atoms with E-state index >= 15 is 0 Å². The van der Waals surface area contributed by atoms with Gasteiger partial charge in [0.25, 0.3) is 0 Å². The van der Waals surface area contributed by atoms with Gasteiger partial charge in [-0.25, -0.2) is 0 Å². The number of nitrogens with two attached hydrogens (primary N) is 2. The molecule has 0 aliphatic rings. The Balaban J connectivity index is 1.80. The number of benzene rings is 3. The number of nitrogens with zero attached hydrogens (tertiary/aromatic N) is 3. The van der Waals surface area contributed by atoms with Gasteiger partial charge >= 0.3 is 0 Å². The number of anilines is 2. The molecule has 0 atom stereocenters. The first-order valence-electron chi connectivity index (χ1n) is 7.81. The zero-order chi connectivity index (χ0) is 17.2. The van der Waals surface area contributed by atoms with Crippen LogP contribution >= 0.6 is 0 Å². The van der Waals surface area contributed by atoms with Gasteiger partial charge in [0.1, 0.15) is 5.69 Å². The SMILES string of the molecule is Nc1c(N=Nc2ccn[nH]2)ccc(-c2cccc3ccccc23)c1N. The van der Waals surface area contributed by atoms with E-state index in [9.17, 15) is 0 Å². The number of aromatic amines is 1. The van der Waals surface area contributed by atoms with E-state index in [1.54, 1.807) is 12.3 Å². The van der Waals surface area contributed by atoms with Crippen molar-refractivity contribution in [3.8, 4) is 11.1 Å². The average Bonchev–Trinajstić information content (AvgIpc) is 3.16. The van der Waals surface area contributed by atoms with Crippen molar-refractivity contribution in [2.24, 2.45) is 10.2 Å². The molecule has 1 aromatic heterocycles. The van der Waals surface area contributed by atoms with Gasteiger partial charge in [0.2, 0.25) is 0 Å². The summed E-state index contributed by atoms with van der Waals surface area (Å²) in [6.07, 6.45) is 1.61. The summed E-state index contributed by atoms with van der Waals surface area (Å²) < 4.78 is 0. The van der Waals surface area contributed by atoms with E-state index in [1.165, 1.54) is 0 Å². The molecule has 0 saturated heterocycles. The van der Waals surface area contributed by atoms with Gasteiger partial charge in [-0.15, -0.1) is 10.2 Å². The molecule has 0 aliphatic heterocycles. The maximum atomic E-state index is 6.31. The van der Waals surface area contributed by atoms with Crippen LogP contribution in [0.25, 0.3) is 21.9 Å². The molecule has 0 radical (unpaired) electrons. The van der Waals surface area contributed by atoms with E-state index in [4.69, 9.17) is 11.5 Å². The van der Waals surface area contributed by atoms with Gasteiger partial charge in [-0.2, -0.15) is 5.10 Å². The van der Waals surface area contributed by atoms with Gasteiger partial charge in [-0.05, 0) is 28.5 Å². The van der Waals surface area contributed by atoms with Crippen LogP contribution in [0.3, 0.4) is 0 Å². The van der Waals surface area contributed by atoms with Crippen molar-refractivity contribution in [3.05, 3.63) is 66.9 Å². The molecule has 4 aromatic rings. The fraction of sp³-hybridized carbons (Fsp3) is 0. The zero-order valence-corrected chi connectivity index (χ0v) is 13.3. The predicted molar refractivity (Wildman–Crippen MR) is 101 cm³/mol. The highest BCUT2D eigenvalue weighted by Crippen LogP contribution is 2.39. The Morgan fingerprint density at radius 2 is 1.60 bits per heavy atom. The molecule has 6 heteroatoms. The van der Waals surface area contributed by atoms with Gasteiger partial charge in [0, 0.05) is 11.6 Å². The molecule has 1 heterocycles. The summed E-state index contributed by atoms with van der Waals surface area (Å²) in [6.45, 7) is 0. The Kier molecular flexibility index (Phi) is 3.63. The Morgan fingerprint density at radius 3 is 2.44 bits per heavy atom. The highest BCUT2D eigenvalue weighted by Gasteiger charge is 2.12. The number of nitrogen functional groups attached to an aromatic ring is 2. The van der Waals surface area contributed by atoms with Gasteiger partial charge in [0.15, 0.2) is 5.82 Å². The van der Waals surface area contributed by atoms with Crippen molar-refractivity contribution in [2.75, 3.05) is 11.5 Å². The second-order valence-electron chi connectivity index (χ2n) is 5.63. The monoisotopic (exact) mass is 328 g/mol. The molecule has 0 amide bonds. The first kappa shape index (κ1) is 14.9. The predicted octanol–water partition coefficient (Wildman–Crippen LogP) is 4.81. The van der Waals surface area contributed by atoms with Crippen LogP contribution in [0.1, 0.15) is 0 Å². The highest BCUT2D eigenvalue weighted by molar-refractivity contribution is 6.02. The number of H-pyrrole nitrogens is 1. The van der Waals surface area contributed by atoms with Gasteiger partial charge in [-0.3, -0.25) is 5.10 Å². The Hall–Kier alpha value is -3.67. The minimum atomic E-state index is 0.411. The summed E-state index contributed by atoms with van der Waals surface area (Å²) >= 11 is 0. The van der Waals surface area contributed by atoms with E-state index in [-0.39, 0.29) is 0 Å². The van der Waals surface area contributed by atoms with E-state index in [0.717, 1.165) is 21.9 Å². The van der Waals surface area contributed by atoms with E-state index in [0.29, 0.717) is 22.9 Å². The minimum Gasteiger partial charge on any atom is -0.396 e. The molecule has 0 spiro atoms. The minimum absolute atomic E-state index is 0.411. The first-order valence-corrected chi connectivity index (χ1v) is 7.81. The summed E-state index contributed by atoms with van der Waals surface area (Å²) in [7, 11) is 0. The molecule has 0 unspecified atom stereocenters. The molecule has 4 rings (SSSR count). The molecule has 0 bridgehead atoms. The van der Waals surface area contributed by atoms with Crippen LogP contribution in [0.5, 0.6) is 0 Å². The van der Waals surface area contributed by atoms with Crippen molar-refractivity contribution in [2.45, 2.75) is 0 Å². The normalized spacial score (nSPS) is 11.4. The summed E-state index contributed by atoms with van der Waals surface area (Å²) in [6, 6.07) is 19.8. The quantitative estimate of drug-likeness (QED) is 0.371. The fourth-order valence-electron chi connectivity index (χ4n) is 2.82. The van der Waals surface area contributed by atoms with Crippen molar-refractivity contribution < 1.29 is 0 Å². The molecule has 25 heavy (non-hydrogen) atoms. The molecule has 0 fully saturated rings. The van der Waals surface area contributed by atoms with Crippen LogP contribution in [0.15, 0.2) is 77.1 Å². The Labute approximate surface area is 144 Å². The number of rotatable bonds is 3. The molecule has 6 nitrogen and oxygen atoms in total. The summed E-state index contributed by atoms with van der Waals surface area (Å²) in [4.78, 5) is 0. The molecule has 3 aromatic carbocycles. The zero-order valence-electron chi connectivity index (χ0n) is 13.3. The molecule has 122 valence electrons. The third kappa shape index (κ3) is 2.70. The lowest BCUT2D eigenvalue weighted by Crippen LogP contribution is -1.98. The van der Waals surface area contributed by atoms with Crippen LogP contribution in [-0.2, 0) is 0 Å². The lowest BCUT2D eigenvalue weighted by Gasteiger charge is -2.12. The topological polar surface area (TPSA) is 105 Å². The first-order chi connectivity index (χ1) is 12.2. The second kappa shape index (κ2) is 6.09. The fourth-order valence-corrected chi connectivity index (χ4v) is 2.82. The summed E-state index contributed by atoms with van der Waals surface area (Å²) in [5, 5.41) is 17.0. The van der Waals surface area contributed by atoms with E-state index < -0.39 is 0 Å². The van der Waals surface area contributed by atoms with Crippen LogP contribution in [0.2, 0.25) is 0 Å². The van der Waals surface area contributed by atoms with Crippen LogP contribution in [-0.4, -0.2) is 10.2 Å². The van der Waals surface area contributed by atoms with Gasteiger partial charge in [-0.1, -0.05) is 42.5 Å². The van der Waals surface area contributed by atoms with Crippen LogP contribution in [0, 0.1) is 0 Å². The number of fused-ring (bicyclic) bond motifs is 1. The molecular formula is C19H16N6. The maximum Gasteiger partial charge on any atom is 0.170 e. The summed E-state index contributed by atoms with van der Waals surface area (Å²) in [5.74, 6) is 0.552. The lowest BCUT2D eigenvalue weighted by molar-refractivity contribution is 1.06. The van der Waals surface area contributed by atoms with E-state index in [1.807, 2.05) is 36.4 Å². The lowest BCUT2D eigenvalue weighted by atomic mass is 9.96. The largest absolute Gasteiger partial charge is 0.396 e. The Morgan fingerprint density at radius 1 is 0.760 bits per heavy atom. The number of nitrogens with one attached hydrogen (secondary N) is 1. The van der Waals surface area contributed by atoms with Gasteiger partial charge in [0.05, 0.1) is 17.6 Å². The molecule has 5 N–H and O–H groups in total. The number of hydrogen-bond donors (Lipinski definition) is 3. The van der Waals surface area contributed by atoms with Crippen molar-refractivity contribution in [3.63, 3.8) is 0 Å². The summed E-state index contributed by atoms with van der Waals surface area (Å²) in [5.41, 5.74) is 15.9. The van der Waals surface area contributed by atoms with Crippen molar-refractivity contribution in [1.29, 1.82) is 0 Å². The van der Waals surface area contributed by atoms with Crippen molar-refractivity contribution >= 4 is 33.7 Å². The van der Waals surface area contributed by atoms with E-state index in [2.05, 4.69) is 38.6 Å². The third-order valence-corrected chi connectivity index (χ3v) is 4.10. The highest BCUT2D eigenvalue weighted by atomic mass is 15.2. The molecular weight excluding hydrogens is 312 g/mol. The standard InChI is InChI=1S/C19H16N6/c20-18-15(14-7-3-5-12-4-1-2-6-13(12)14)8-9-16(19(18)21)23-25-17-10-11-22-24-17/h1-11H,20-21H2,(H,22,24). The smallest absolute Gasteiger partial charge is 0.170 e. The Bertz CT molecular complexity index is 1060. The third-order valence-electron chi connectivity index (χ3n) is 4.10. The average molecular weight is 328 g/mol. The second-order valence-corrected chi connectivity index (χ2v) is 5.63. The number of hydrogen-bond acceptors (Lipinski definition) is 5. The van der Waals surface area contributed by atoms with Crippen LogP contribution < -0.4 is 11.5 Å². The maximum absolute atomic E-state index is 6.31. The van der Waals surface area contributed by atoms with Crippen LogP contribution in [0.4, 0.5) is 22.9 Å². The molecule has 0 aliphatic carbocycles. The van der Waals surface area contributed by atoms with Crippen molar-refractivity contribution in [1.82, 2.24) is 10.2 Å². The molecule has 0 saturated carbocycles. The number of aromatic nitrogens is 2.